The second-order valence-electron chi connectivity index (χ2n) is 8.61. The summed E-state index contributed by atoms with van der Waals surface area (Å²) in [4.78, 5) is 0. The Morgan fingerprint density at radius 3 is 2.27 bits per heavy atom. The van der Waals surface area contributed by atoms with Crippen molar-refractivity contribution >= 4 is 19.2 Å². The summed E-state index contributed by atoms with van der Waals surface area (Å²) in [6.07, 6.45) is 1.01. The molecule has 1 heterocycles. The minimum atomic E-state index is -1.86. The molecule has 0 saturated carbocycles. The predicted octanol–water partition coefficient (Wildman–Crippen LogP) is 6.64. The van der Waals surface area contributed by atoms with Crippen molar-refractivity contribution < 1.29 is 4.43 Å². The summed E-state index contributed by atoms with van der Waals surface area (Å²) >= 11 is 0. The van der Waals surface area contributed by atoms with E-state index in [1.165, 1.54) is 22.2 Å². The molecule has 0 fully saturated rings. The Labute approximate surface area is 158 Å². The Hall–Kier alpha value is -2.00. The molecule has 0 amide bonds. The number of rotatable bonds is 5. The van der Waals surface area contributed by atoms with Crippen LogP contribution in [0.5, 0.6) is 5.75 Å². The van der Waals surface area contributed by atoms with E-state index in [-0.39, 0.29) is 5.04 Å². The molecular weight excluding hydrogens is 334 g/mol. The Bertz CT molecular complexity index is 888. The number of hydrogen-bond acceptors (Lipinski definition) is 1. The topological polar surface area (TPSA) is 14.2 Å². The van der Waals surface area contributed by atoms with Crippen LogP contribution in [0, 0.1) is 0 Å². The van der Waals surface area contributed by atoms with Crippen molar-refractivity contribution in [3.05, 3.63) is 65.9 Å². The highest BCUT2D eigenvalue weighted by Gasteiger charge is 2.39. The van der Waals surface area contributed by atoms with Gasteiger partial charge in [0.2, 0.25) is 0 Å². The molecular formula is C23H31NOSi. The standard InChI is InChI=1S/C23H31NOSi/c1-7-19-16-20-21(24(19)17-18-12-9-8-10-13-18)14-11-15-22(20)25-26(5,6)23(2,3)4/h8-16H,7,17H2,1-6H3. The molecule has 2 nitrogen and oxygen atoms in total. The molecule has 0 saturated heterocycles. The average molecular weight is 366 g/mol. The van der Waals surface area contributed by atoms with Crippen molar-refractivity contribution in [3.63, 3.8) is 0 Å². The van der Waals surface area contributed by atoms with Gasteiger partial charge in [-0.1, -0.05) is 64.1 Å². The van der Waals surface area contributed by atoms with Crippen LogP contribution >= 0.6 is 0 Å². The molecule has 3 aromatic rings. The quantitative estimate of drug-likeness (QED) is 0.462. The third-order valence-electron chi connectivity index (χ3n) is 5.71. The van der Waals surface area contributed by atoms with E-state index in [1.54, 1.807) is 0 Å². The molecule has 138 valence electrons. The van der Waals surface area contributed by atoms with E-state index in [1.807, 2.05) is 0 Å². The monoisotopic (exact) mass is 365 g/mol. The highest BCUT2D eigenvalue weighted by atomic mass is 28.4. The van der Waals surface area contributed by atoms with Crippen molar-refractivity contribution in [2.24, 2.45) is 0 Å². The van der Waals surface area contributed by atoms with Crippen LogP contribution in [-0.4, -0.2) is 12.9 Å². The van der Waals surface area contributed by atoms with Gasteiger partial charge in [-0.15, -0.1) is 0 Å². The number of benzene rings is 2. The lowest BCUT2D eigenvalue weighted by Crippen LogP contribution is -2.43. The minimum absolute atomic E-state index is 0.190. The van der Waals surface area contributed by atoms with E-state index in [0.29, 0.717) is 0 Å². The van der Waals surface area contributed by atoms with E-state index in [0.717, 1.165) is 18.7 Å². The van der Waals surface area contributed by atoms with Crippen LogP contribution < -0.4 is 4.43 Å². The first-order valence-electron chi connectivity index (χ1n) is 9.57. The largest absolute Gasteiger partial charge is 0.543 e. The van der Waals surface area contributed by atoms with Crippen LogP contribution in [0.2, 0.25) is 18.1 Å². The van der Waals surface area contributed by atoms with Gasteiger partial charge >= 0.3 is 0 Å². The molecule has 0 N–H and O–H groups in total. The second kappa shape index (κ2) is 6.96. The summed E-state index contributed by atoms with van der Waals surface area (Å²) in [7, 11) is -1.86. The van der Waals surface area contributed by atoms with Gasteiger partial charge in [0.25, 0.3) is 8.32 Å². The fourth-order valence-corrected chi connectivity index (χ4v) is 4.11. The number of fused-ring (bicyclic) bond motifs is 1. The van der Waals surface area contributed by atoms with Gasteiger partial charge in [0.1, 0.15) is 5.75 Å². The van der Waals surface area contributed by atoms with E-state index < -0.39 is 8.32 Å². The Morgan fingerprint density at radius 2 is 1.65 bits per heavy atom. The van der Waals surface area contributed by atoms with E-state index >= 15 is 0 Å². The third-order valence-corrected chi connectivity index (χ3v) is 10.1. The summed E-state index contributed by atoms with van der Waals surface area (Å²) in [6.45, 7) is 14.6. The van der Waals surface area contributed by atoms with E-state index in [9.17, 15) is 0 Å². The maximum Gasteiger partial charge on any atom is 0.250 e. The normalized spacial score (nSPS) is 12.5. The van der Waals surface area contributed by atoms with Gasteiger partial charge in [-0.2, -0.15) is 0 Å². The molecule has 0 unspecified atom stereocenters. The number of aromatic nitrogens is 1. The van der Waals surface area contributed by atoms with Crippen molar-refractivity contribution in [3.8, 4) is 5.75 Å². The summed E-state index contributed by atoms with van der Waals surface area (Å²) in [5, 5.41) is 1.43. The molecule has 0 aliphatic heterocycles. The SMILES string of the molecule is CCc1cc2c(O[Si](C)(C)C(C)(C)C)cccc2n1Cc1ccccc1. The fourth-order valence-electron chi connectivity index (χ4n) is 3.07. The fraction of sp³-hybridized carbons (Fsp3) is 0.391. The van der Waals surface area contributed by atoms with Crippen LogP contribution in [0.25, 0.3) is 10.9 Å². The first kappa shape index (κ1) is 18.8. The second-order valence-corrected chi connectivity index (χ2v) is 13.3. The van der Waals surface area contributed by atoms with Crippen LogP contribution in [0.3, 0.4) is 0 Å². The summed E-state index contributed by atoms with van der Waals surface area (Å²) < 4.78 is 9.10. The van der Waals surface area contributed by atoms with Gasteiger partial charge in [-0.25, -0.2) is 0 Å². The molecule has 0 spiro atoms. The maximum atomic E-state index is 6.67. The van der Waals surface area contributed by atoms with Gasteiger partial charge < -0.3 is 8.99 Å². The van der Waals surface area contributed by atoms with Crippen molar-refractivity contribution in [2.75, 3.05) is 0 Å². The summed E-state index contributed by atoms with van der Waals surface area (Å²) in [6, 6.07) is 19.5. The van der Waals surface area contributed by atoms with Crippen LogP contribution in [0.4, 0.5) is 0 Å². The lowest BCUT2D eigenvalue weighted by Gasteiger charge is -2.36. The van der Waals surface area contributed by atoms with Crippen LogP contribution in [-0.2, 0) is 13.0 Å². The average Bonchev–Trinajstić information content (AvgIpc) is 2.93. The first-order valence-corrected chi connectivity index (χ1v) is 12.5. The minimum Gasteiger partial charge on any atom is -0.543 e. The zero-order chi connectivity index (χ0) is 18.9. The highest BCUT2D eigenvalue weighted by Crippen LogP contribution is 2.39. The smallest absolute Gasteiger partial charge is 0.250 e. The van der Waals surface area contributed by atoms with Crippen LogP contribution in [0.15, 0.2) is 54.6 Å². The Morgan fingerprint density at radius 1 is 0.962 bits per heavy atom. The lowest BCUT2D eigenvalue weighted by molar-refractivity contribution is 0.496. The molecule has 26 heavy (non-hydrogen) atoms. The molecule has 2 aromatic carbocycles. The number of hydrogen-bond donors (Lipinski definition) is 0. The van der Waals surface area contributed by atoms with Crippen molar-refractivity contribution in [1.29, 1.82) is 0 Å². The molecule has 0 radical (unpaired) electrons. The Kier molecular flexibility index (Phi) is 5.02. The highest BCUT2D eigenvalue weighted by molar-refractivity contribution is 6.74. The van der Waals surface area contributed by atoms with Crippen LogP contribution in [0.1, 0.15) is 39.0 Å². The summed E-state index contributed by atoms with van der Waals surface area (Å²) in [5.74, 6) is 1.04. The van der Waals surface area contributed by atoms with Crippen molar-refractivity contribution in [2.45, 2.75) is 58.8 Å². The van der Waals surface area contributed by atoms with Gasteiger partial charge in [-0.3, -0.25) is 0 Å². The predicted molar refractivity (Wildman–Crippen MR) is 115 cm³/mol. The first-order chi connectivity index (χ1) is 12.2. The molecule has 0 aliphatic carbocycles. The number of nitrogens with zero attached hydrogens (tertiary/aromatic N) is 1. The molecule has 0 bridgehead atoms. The molecule has 3 heteroatoms. The molecule has 0 atom stereocenters. The molecule has 1 aromatic heterocycles. The van der Waals surface area contributed by atoms with Crippen molar-refractivity contribution in [1.82, 2.24) is 4.57 Å². The zero-order valence-electron chi connectivity index (χ0n) is 17.0. The van der Waals surface area contributed by atoms with Gasteiger partial charge in [0, 0.05) is 17.6 Å². The zero-order valence-corrected chi connectivity index (χ0v) is 18.0. The lowest BCUT2D eigenvalue weighted by atomic mass is 10.2. The third kappa shape index (κ3) is 3.59. The molecule has 3 rings (SSSR count). The molecule has 0 aliphatic rings. The maximum absolute atomic E-state index is 6.67. The van der Waals surface area contributed by atoms with E-state index in [2.05, 4.69) is 100.0 Å². The van der Waals surface area contributed by atoms with E-state index in [4.69, 9.17) is 4.43 Å². The Balaban J connectivity index is 2.06. The van der Waals surface area contributed by atoms with Gasteiger partial charge in [0.15, 0.2) is 0 Å². The summed E-state index contributed by atoms with van der Waals surface area (Å²) in [5.41, 5.74) is 3.95. The van der Waals surface area contributed by atoms with Gasteiger partial charge in [0.05, 0.1) is 5.52 Å². The van der Waals surface area contributed by atoms with Gasteiger partial charge in [-0.05, 0) is 48.3 Å². The number of aryl methyl sites for hydroxylation is 1.